The summed E-state index contributed by atoms with van der Waals surface area (Å²) in [5, 5.41) is 16.5. The van der Waals surface area contributed by atoms with E-state index in [0.29, 0.717) is 13.2 Å². The summed E-state index contributed by atoms with van der Waals surface area (Å²) in [5.74, 6) is 0. The predicted octanol–water partition coefficient (Wildman–Crippen LogP) is 2.17. The quantitative estimate of drug-likeness (QED) is 0.911. The molecular formula is C20H30N4O2. The number of likely N-dealkylation sites (tertiary alicyclic amines) is 1. The molecule has 0 amide bonds. The number of aromatic nitrogens is 3. The van der Waals surface area contributed by atoms with Crippen LogP contribution >= 0.6 is 0 Å². The zero-order valence-electron chi connectivity index (χ0n) is 16.2. The van der Waals surface area contributed by atoms with Gasteiger partial charge in [-0.05, 0) is 38.4 Å². The van der Waals surface area contributed by atoms with Crippen LogP contribution in [0.3, 0.4) is 0 Å². The van der Waals surface area contributed by atoms with E-state index in [1.54, 1.807) is 0 Å². The zero-order chi connectivity index (χ0) is 18.4. The zero-order valence-corrected chi connectivity index (χ0v) is 16.2. The molecule has 4 heterocycles. The molecule has 142 valence electrons. The molecule has 26 heavy (non-hydrogen) atoms. The van der Waals surface area contributed by atoms with Gasteiger partial charge in [0.2, 0.25) is 0 Å². The second-order valence-corrected chi connectivity index (χ2v) is 8.49. The van der Waals surface area contributed by atoms with Crippen LogP contribution in [0.1, 0.15) is 44.0 Å². The molecule has 0 aliphatic carbocycles. The molecule has 6 nitrogen and oxygen atoms in total. The van der Waals surface area contributed by atoms with Crippen LogP contribution in [0.25, 0.3) is 11.0 Å². The van der Waals surface area contributed by atoms with E-state index >= 15 is 0 Å². The fourth-order valence-corrected chi connectivity index (χ4v) is 4.65. The Bertz CT molecular complexity index is 796. The lowest BCUT2D eigenvalue weighted by Gasteiger charge is -2.44. The molecule has 6 heteroatoms. The topological polar surface area (TPSA) is 63.4 Å². The number of β-amino-alcohol motifs (C(OH)–C–C–N with tert-alkyl or cyclic N) is 1. The Morgan fingerprint density at radius 1 is 1.23 bits per heavy atom. The van der Waals surface area contributed by atoms with E-state index in [0.717, 1.165) is 67.7 Å². The summed E-state index contributed by atoms with van der Waals surface area (Å²) in [7, 11) is 1.96. The number of hydrogen-bond donors (Lipinski definition) is 1. The number of pyridine rings is 1. The third-order valence-corrected chi connectivity index (χ3v) is 6.21. The van der Waals surface area contributed by atoms with Gasteiger partial charge in [-0.25, -0.2) is 4.98 Å². The van der Waals surface area contributed by atoms with Crippen molar-refractivity contribution in [2.45, 2.75) is 50.5 Å². The minimum Gasteiger partial charge on any atom is -0.388 e. The minimum atomic E-state index is -0.604. The molecule has 1 atom stereocenters. The lowest BCUT2D eigenvalue weighted by Crippen LogP contribution is -2.52. The second kappa shape index (κ2) is 6.59. The maximum absolute atomic E-state index is 10.9. The van der Waals surface area contributed by atoms with Gasteiger partial charge >= 0.3 is 0 Å². The van der Waals surface area contributed by atoms with E-state index in [2.05, 4.69) is 29.1 Å². The van der Waals surface area contributed by atoms with Crippen LogP contribution in [0.15, 0.2) is 12.1 Å². The SMILES string of the molecule is Cc1nn(C)c2nc([C@]3(C)CCCN(CC4(O)CCOCC4)C3)ccc12. The molecule has 0 unspecified atom stereocenters. The lowest BCUT2D eigenvalue weighted by atomic mass is 9.78. The number of aliphatic hydroxyl groups is 1. The van der Waals surface area contributed by atoms with Crippen LogP contribution in [0.2, 0.25) is 0 Å². The van der Waals surface area contributed by atoms with E-state index in [9.17, 15) is 5.11 Å². The highest BCUT2D eigenvalue weighted by molar-refractivity contribution is 5.78. The molecule has 2 aromatic heterocycles. The molecule has 0 aromatic carbocycles. The standard InChI is InChI=1S/C20H30N4O2/c1-15-16-5-6-17(21-18(16)23(3)22-15)19(2)7-4-10-24(13-19)14-20(25)8-11-26-12-9-20/h5-6,25H,4,7-14H2,1-3H3/t19-/m1/s1. The van der Waals surface area contributed by atoms with Crippen LogP contribution in [-0.4, -0.2) is 63.2 Å². The molecule has 2 saturated heterocycles. The maximum Gasteiger partial charge on any atom is 0.158 e. The first kappa shape index (κ1) is 17.9. The molecule has 0 saturated carbocycles. The van der Waals surface area contributed by atoms with E-state index in [1.807, 2.05) is 18.7 Å². The van der Waals surface area contributed by atoms with Gasteiger partial charge in [0.05, 0.1) is 17.0 Å². The monoisotopic (exact) mass is 358 g/mol. The van der Waals surface area contributed by atoms with Gasteiger partial charge in [0.25, 0.3) is 0 Å². The third-order valence-electron chi connectivity index (χ3n) is 6.21. The average molecular weight is 358 g/mol. The largest absolute Gasteiger partial charge is 0.388 e. The van der Waals surface area contributed by atoms with Gasteiger partial charge in [-0.2, -0.15) is 5.10 Å². The summed E-state index contributed by atoms with van der Waals surface area (Å²) in [4.78, 5) is 7.41. The second-order valence-electron chi connectivity index (χ2n) is 8.49. The number of aryl methyl sites for hydroxylation is 2. The van der Waals surface area contributed by atoms with Crippen molar-refractivity contribution in [3.8, 4) is 0 Å². The van der Waals surface area contributed by atoms with Gasteiger partial charge in [-0.15, -0.1) is 0 Å². The van der Waals surface area contributed by atoms with Crippen LogP contribution in [0.5, 0.6) is 0 Å². The van der Waals surface area contributed by atoms with Gasteiger partial charge in [0.1, 0.15) is 0 Å². The number of piperidine rings is 1. The summed E-state index contributed by atoms with van der Waals surface area (Å²) in [5.41, 5.74) is 2.52. The van der Waals surface area contributed by atoms with Gasteiger partial charge in [0.15, 0.2) is 5.65 Å². The van der Waals surface area contributed by atoms with Crippen molar-refractivity contribution in [3.63, 3.8) is 0 Å². The average Bonchev–Trinajstić information content (AvgIpc) is 2.89. The van der Waals surface area contributed by atoms with Crippen LogP contribution in [0.4, 0.5) is 0 Å². The van der Waals surface area contributed by atoms with Gasteiger partial charge in [-0.3, -0.25) is 9.58 Å². The highest BCUT2D eigenvalue weighted by Gasteiger charge is 2.38. The van der Waals surface area contributed by atoms with E-state index in [1.165, 1.54) is 0 Å². The fraction of sp³-hybridized carbons (Fsp3) is 0.700. The number of ether oxygens (including phenoxy) is 1. The molecule has 1 N–H and O–H groups in total. The van der Waals surface area contributed by atoms with Crippen molar-refractivity contribution in [3.05, 3.63) is 23.5 Å². The normalized spacial score (nSPS) is 27.1. The van der Waals surface area contributed by atoms with Gasteiger partial charge in [-0.1, -0.05) is 6.92 Å². The van der Waals surface area contributed by atoms with E-state index < -0.39 is 5.60 Å². The maximum atomic E-state index is 10.9. The molecule has 0 radical (unpaired) electrons. The van der Waals surface area contributed by atoms with Crippen molar-refractivity contribution < 1.29 is 9.84 Å². The predicted molar refractivity (Wildman–Crippen MR) is 101 cm³/mol. The Morgan fingerprint density at radius 3 is 2.77 bits per heavy atom. The molecule has 2 aliphatic heterocycles. The molecule has 0 bridgehead atoms. The van der Waals surface area contributed by atoms with Crippen molar-refractivity contribution in [2.24, 2.45) is 7.05 Å². The number of nitrogens with zero attached hydrogens (tertiary/aromatic N) is 4. The summed E-state index contributed by atoms with van der Waals surface area (Å²) in [6.45, 7) is 8.39. The lowest BCUT2D eigenvalue weighted by molar-refractivity contribution is -0.0847. The smallest absolute Gasteiger partial charge is 0.158 e. The Hall–Kier alpha value is -1.50. The van der Waals surface area contributed by atoms with Crippen LogP contribution in [-0.2, 0) is 17.2 Å². The molecule has 2 fully saturated rings. The molecular weight excluding hydrogens is 328 g/mol. The van der Waals surface area contributed by atoms with E-state index in [4.69, 9.17) is 9.72 Å². The van der Waals surface area contributed by atoms with Crippen molar-refractivity contribution >= 4 is 11.0 Å². The third kappa shape index (κ3) is 3.26. The molecule has 4 rings (SSSR count). The van der Waals surface area contributed by atoms with Crippen molar-refractivity contribution in [1.29, 1.82) is 0 Å². The highest BCUT2D eigenvalue weighted by Crippen LogP contribution is 2.35. The molecule has 2 aromatic rings. The molecule has 2 aliphatic rings. The van der Waals surface area contributed by atoms with Gasteiger partial charge < -0.3 is 9.84 Å². The first-order valence-electron chi connectivity index (χ1n) is 9.72. The number of rotatable bonds is 3. The Labute approximate surface area is 155 Å². The fourth-order valence-electron chi connectivity index (χ4n) is 4.65. The summed E-state index contributed by atoms with van der Waals surface area (Å²) >= 11 is 0. The summed E-state index contributed by atoms with van der Waals surface area (Å²) in [6, 6.07) is 4.33. The van der Waals surface area contributed by atoms with Crippen molar-refractivity contribution in [1.82, 2.24) is 19.7 Å². The number of hydrogen-bond acceptors (Lipinski definition) is 5. The van der Waals surface area contributed by atoms with Crippen LogP contribution in [0, 0.1) is 6.92 Å². The van der Waals surface area contributed by atoms with Gasteiger partial charge in [0, 0.05) is 57.0 Å². The van der Waals surface area contributed by atoms with E-state index in [-0.39, 0.29) is 5.41 Å². The number of fused-ring (bicyclic) bond motifs is 1. The summed E-state index contributed by atoms with van der Waals surface area (Å²) in [6.07, 6.45) is 3.73. The van der Waals surface area contributed by atoms with Crippen LogP contribution < -0.4 is 0 Å². The first-order valence-corrected chi connectivity index (χ1v) is 9.72. The summed E-state index contributed by atoms with van der Waals surface area (Å²) < 4.78 is 7.30. The van der Waals surface area contributed by atoms with Crippen molar-refractivity contribution in [2.75, 3.05) is 32.8 Å². The Morgan fingerprint density at radius 2 is 2.00 bits per heavy atom. The Kier molecular flexibility index (Phi) is 4.53. The first-order chi connectivity index (χ1) is 12.4. The molecule has 0 spiro atoms. The Balaban J connectivity index is 1.56. The minimum absolute atomic E-state index is 0.00609. The highest BCUT2D eigenvalue weighted by atomic mass is 16.5.